The second-order valence-corrected chi connectivity index (χ2v) is 5.91. The summed E-state index contributed by atoms with van der Waals surface area (Å²) < 4.78 is 0. The zero-order valence-electron chi connectivity index (χ0n) is 13.0. The highest BCUT2D eigenvalue weighted by molar-refractivity contribution is 5.97. The molecule has 2 heterocycles. The van der Waals surface area contributed by atoms with Crippen LogP contribution < -0.4 is 5.73 Å². The quantitative estimate of drug-likeness (QED) is 0.292. The number of fused-ring (bicyclic) bond motifs is 2. The first-order valence-corrected chi connectivity index (χ1v) is 7.47. The number of nitrogen functional groups attached to an aromatic ring is 1. The molecule has 0 bridgehead atoms. The number of benzene rings is 2. The number of nitrogens with zero attached hydrogens (tertiary/aromatic N) is 2. The van der Waals surface area contributed by atoms with Gasteiger partial charge in [-0.25, -0.2) is 9.97 Å². The summed E-state index contributed by atoms with van der Waals surface area (Å²) in [7, 11) is 0. The molecule has 24 heavy (non-hydrogen) atoms. The summed E-state index contributed by atoms with van der Waals surface area (Å²) in [5.74, 6) is 0.761. The molecule has 0 fully saturated rings. The molecule has 1 atom stereocenters. The van der Waals surface area contributed by atoms with Crippen molar-refractivity contribution in [2.24, 2.45) is 5.73 Å². The van der Waals surface area contributed by atoms with E-state index in [2.05, 4.69) is 19.9 Å². The lowest BCUT2D eigenvalue weighted by molar-refractivity contribution is 0.0849. The van der Waals surface area contributed by atoms with Crippen LogP contribution >= 0.6 is 0 Å². The second-order valence-electron chi connectivity index (χ2n) is 5.91. The van der Waals surface area contributed by atoms with Crippen molar-refractivity contribution in [1.29, 1.82) is 5.41 Å². The first-order chi connectivity index (χ1) is 11.4. The molecule has 7 nitrogen and oxygen atoms in total. The number of H-pyrrole nitrogens is 2. The van der Waals surface area contributed by atoms with Crippen LogP contribution in [0.1, 0.15) is 24.1 Å². The van der Waals surface area contributed by atoms with Crippen LogP contribution in [0.25, 0.3) is 22.1 Å². The van der Waals surface area contributed by atoms with Crippen molar-refractivity contribution >= 4 is 27.9 Å². The number of nitrogens with one attached hydrogen (secondary N) is 3. The van der Waals surface area contributed by atoms with Crippen molar-refractivity contribution in [3.8, 4) is 0 Å². The summed E-state index contributed by atoms with van der Waals surface area (Å²) in [4.78, 5) is 15.2. The predicted molar refractivity (Wildman–Crippen MR) is 91.9 cm³/mol. The van der Waals surface area contributed by atoms with Gasteiger partial charge in [0.15, 0.2) is 5.60 Å². The number of hydrogen-bond acceptors (Lipinski definition) is 4. The normalized spacial score (nSPS) is 14.1. The number of aromatic nitrogens is 4. The van der Waals surface area contributed by atoms with E-state index < -0.39 is 5.60 Å². The summed E-state index contributed by atoms with van der Waals surface area (Å²) in [5.41, 5.74) is 7.71. The lowest BCUT2D eigenvalue weighted by Gasteiger charge is -2.17. The number of hydrogen-bond donors (Lipinski definition) is 5. The van der Waals surface area contributed by atoms with Gasteiger partial charge in [0.1, 0.15) is 17.5 Å². The Morgan fingerprint density at radius 2 is 1.67 bits per heavy atom. The monoisotopic (exact) mass is 320 g/mol. The van der Waals surface area contributed by atoms with Crippen LogP contribution in [-0.2, 0) is 5.60 Å². The van der Waals surface area contributed by atoms with Gasteiger partial charge in [0.05, 0.1) is 22.1 Å². The number of rotatable bonds is 3. The van der Waals surface area contributed by atoms with E-state index in [1.54, 1.807) is 25.1 Å². The summed E-state index contributed by atoms with van der Waals surface area (Å²) in [6.07, 6.45) is 0. The maximum absolute atomic E-state index is 11.0. The summed E-state index contributed by atoms with van der Waals surface area (Å²) in [6, 6.07) is 12.8. The van der Waals surface area contributed by atoms with E-state index in [-0.39, 0.29) is 5.84 Å². The van der Waals surface area contributed by atoms with E-state index in [1.807, 2.05) is 24.3 Å². The molecule has 0 amide bonds. The molecular weight excluding hydrogens is 304 g/mol. The van der Waals surface area contributed by atoms with Crippen LogP contribution in [0.5, 0.6) is 0 Å². The Morgan fingerprint density at radius 1 is 1.04 bits per heavy atom. The molecule has 6 N–H and O–H groups in total. The largest absolute Gasteiger partial charge is 0.384 e. The maximum Gasteiger partial charge on any atom is 0.177 e. The lowest BCUT2D eigenvalue weighted by atomic mass is 10.1. The minimum atomic E-state index is -1.41. The van der Waals surface area contributed by atoms with Gasteiger partial charge in [-0.3, -0.25) is 5.41 Å². The van der Waals surface area contributed by atoms with Gasteiger partial charge in [-0.2, -0.15) is 0 Å². The second kappa shape index (κ2) is 4.90. The molecule has 0 saturated heterocycles. The Morgan fingerprint density at radius 3 is 2.33 bits per heavy atom. The van der Waals surface area contributed by atoms with E-state index in [0.717, 1.165) is 16.6 Å². The van der Waals surface area contributed by atoms with Crippen molar-refractivity contribution in [2.45, 2.75) is 12.5 Å². The first kappa shape index (κ1) is 14.4. The van der Waals surface area contributed by atoms with Crippen LogP contribution in [-0.4, -0.2) is 30.9 Å². The minimum Gasteiger partial charge on any atom is -0.384 e. The molecular formula is C17H16N6O. The molecule has 0 aliphatic rings. The third-order valence-electron chi connectivity index (χ3n) is 4.11. The number of imidazole rings is 2. The maximum atomic E-state index is 11.0. The average molecular weight is 320 g/mol. The standard InChI is InChI=1S/C17H16N6O/c1-17(24,15-20-10-4-2-3-5-11(10)21-15)16-22-12-7-6-9(14(18)19)8-13(12)23-16/h2-8,24H,1H3,(H3,18,19)(H,20,21)(H,22,23). The van der Waals surface area contributed by atoms with Crippen molar-refractivity contribution < 1.29 is 5.11 Å². The Kier molecular flexibility index (Phi) is 2.94. The molecule has 2 aromatic carbocycles. The van der Waals surface area contributed by atoms with Crippen molar-refractivity contribution in [3.05, 3.63) is 59.7 Å². The van der Waals surface area contributed by atoms with Gasteiger partial charge in [0, 0.05) is 5.56 Å². The zero-order chi connectivity index (χ0) is 16.9. The highest BCUT2D eigenvalue weighted by Crippen LogP contribution is 2.28. The van der Waals surface area contributed by atoms with Crippen LogP contribution in [0.2, 0.25) is 0 Å². The molecule has 0 radical (unpaired) electrons. The van der Waals surface area contributed by atoms with Crippen LogP contribution in [0.3, 0.4) is 0 Å². The summed E-state index contributed by atoms with van der Waals surface area (Å²) >= 11 is 0. The molecule has 0 aliphatic heterocycles. The molecule has 7 heteroatoms. The average Bonchev–Trinajstić information content (AvgIpc) is 3.18. The summed E-state index contributed by atoms with van der Waals surface area (Å²) in [5, 5.41) is 18.5. The first-order valence-electron chi connectivity index (χ1n) is 7.47. The molecule has 1 unspecified atom stereocenters. The molecule has 0 aliphatic carbocycles. The van der Waals surface area contributed by atoms with E-state index in [9.17, 15) is 5.11 Å². The third kappa shape index (κ3) is 2.14. The number of nitrogens with two attached hydrogens (primary N) is 1. The van der Waals surface area contributed by atoms with Gasteiger partial charge in [-0.15, -0.1) is 0 Å². The topological polar surface area (TPSA) is 127 Å². The highest BCUT2D eigenvalue weighted by atomic mass is 16.3. The number of aliphatic hydroxyl groups is 1. The van der Waals surface area contributed by atoms with Gasteiger partial charge < -0.3 is 20.8 Å². The van der Waals surface area contributed by atoms with Crippen LogP contribution in [0, 0.1) is 5.41 Å². The van der Waals surface area contributed by atoms with Gasteiger partial charge in [0.25, 0.3) is 0 Å². The van der Waals surface area contributed by atoms with Crippen LogP contribution in [0.4, 0.5) is 0 Å². The van der Waals surface area contributed by atoms with Crippen molar-refractivity contribution in [1.82, 2.24) is 19.9 Å². The van der Waals surface area contributed by atoms with E-state index in [0.29, 0.717) is 22.7 Å². The predicted octanol–water partition coefficient (Wildman–Crippen LogP) is 1.98. The lowest BCUT2D eigenvalue weighted by Crippen LogP contribution is -2.26. The Hall–Kier alpha value is -3.19. The molecule has 120 valence electrons. The smallest absolute Gasteiger partial charge is 0.177 e. The molecule has 2 aromatic heterocycles. The number of para-hydroxylation sites is 2. The fourth-order valence-corrected chi connectivity index (χ4v) is 2.70. The van der Waals surface area contributed by atoms with E-state index >= 15 is 0 Å². The molecule has 0 saturated carbocycles. The van der Waals surface area contributed by atoms with Gasteiger partial charge in [-0.05, 0) is 37.3 Å². The molecule has 4 aromatic rings. The Bertz CT molecular complexity index is 1040. The highest BCUT2D eigenvalue weighted by Gasteiger charge is 2.32. The SMILES string of the molecule is CC(O)(c1nc2ccccc2[nH]1)c1nc2cc(C(=N)N)ccc2[nH]1. The molecule has 0 spiro atoms. The van der Waals surface area contributed by atoms with Gasteiger partial charge in [0.2, 0.25) is 0 Å². The summed E-state index contributed by atoms with van der Waals surface area (Å²) in [6.45, 7) is 1.63. The van der Waals surface area contributed by atoms with E-state index in [1.165, 1.54) is 0 Å². The zero-order valence-corrected chi connectivity index (χ0v) is 13.0. The fourth-order valence-electron chi connectivity index (χ4n) is 2.70. The van der Waals surface area contributed by atoms with Gasteiger partial charge in [-0.1, -0.05) is 12.1 Å². The van der Waals surface area contributed by atoms with Crippen molar-refractivity contribution in [3.63, 3.8) is 0 Å². The van der Waals surface area contributed by atoms with Crippen LogP contribution in [0.15, 0.2) is 42.5 Å². The number of amidine groups is 1. The number of aromatic amines is 2. The van der Waals surface area contributed by atoms with Gasteiger partial charge >= 0.3 is 0 Å². The fraction of sp³-hybridized carbons (Fsp3) is 0.118. The third-order valence-corrected chi connectivity index (χ3v) is 4.11. The van der Waals surface area contributed by atoms with Crippen molar-refractivity contribution in [2.75, 3.05) is 0 Å². The molecule has 4 rings (SSSR count). The minimum absolute atomic E-state index is 0.0227. The Balaban J connectivity index is 1.83. The Labute approximate surface area is 137 Å². The van der Waals surface area contributed by atoms with E-state index in [4.69, 9.17) is 11.1 Å².